The number of carbonyl (C=O) groups excluding carboxylic acids is 1. The van der Waals surface area contributed by atoms with Crippen LogP contribution in [0.3, 0.4) is 0 Å². The Hall–Kier alpha value is -0.900. The smallest absolute Gasteiger partial charge is 0.294 e. The van der Waals surface area contributed by atoms with Crippen LogP contribution in [-0.4, -0.2) is 5.78 Å². The van der Waals surface area contributed by atoms with Gasteiger partial charge < -0.3 is 0 Å². The SMILES string of the molecule is CC1=CCC(C(=O)C(C)(C)C)=C([I+]c2ccccc2)C1. The average molecular weight is 381 g/mol. The topological polar surface area (TPSA) is 17.1 Å². The molecule has 106 valence electrons. The van der Waals surface area contributed by atoms with Crippen molar-refractivity contribution in [1.29, 1.82) is 0 Å². The summed E-state index contributed by atoms with van der Waals surface area (Å²) in [5, 5.41) is 0. The molecule has 1 aromatic carbocycles. The Morgan fingerprint density at radius 3 is 2.40 bits per heavy atom. The third-order valence-electron chi connectivity index (χ3n) is 3.33. The van der Waals surface area contributed by atoms with Crippen molar-refractivity contribution in [1.82, 2.24) is 0 Å². The maximum atomic E-state index is 12.7. The Morgan fingerprint density at radius 1 is 1.15 bits per heavy atom. The number of rotatable bonds is 3. The Morgan fingerprint density at radius 2 is 1.80 bits per heavy atom. The highest BCUT2D eigenvalue weighted by molar-refractivity contribution is 6.00. The third kappa shape index (κ3) is 3.81. The molecule has 0 aromatic heterocycles. The number of hydrogen-bond donors (Lipinski definition) is 0. The number of Topliss-reactive ketones (excluding diaryl/α,β-unsaturated/α-hetero) is 1. The van der Waals surface area contributed by atoms with E-state index in [1.807, 2.05) is 20.8 Å². The zero-order valence-corrected chi connectivity index (χ0v) is 14.8. The molecule has 0 radical (unpaired) electrons. The highest BCUT2D eigenvalue weighted by Crippen LogP contribution is 2.27. The quantitative estimate of drug-likeness (QED) is 0.574. The van der Waals surface area contributed by atoms with E-state index in [9.17, 15) is 4.79 Å². The number of halogens is 1. The molecule has 0 bridgehead atoms. The van der Waals surface area contributed by atoms with Crippen molar-refractivity contribution < 1.29 is 26.0 Å². The van der Waals surface area contributed by atoms with Gasteiger partial charge in [0.1, 0.15) is 0 Å². The Kier molecular flexibility index (Phi) is 4.84. The molecule has 0 amide bonds. The largest absolute Gasteiger partial charge is 0.353 e. The Bertz CT molecular complexity index is 559. The molecule has 1 aromatic rings. The van der Waals surface area contributed by atoms with E-state index >= 15 is 0 Å². The third-order valence-corrected chi connectivity index (χ3v) is 6.35. The van der Waals surface area contributed by atoms with Crippen LogP contribution in [0.4, 0.5) is 0 Å². The first kappa shape index (κ1) is 15.5. The van der Waals surface area contributed by atoms with Crippen LogP contribution in [0.25, 0.3) is 0 Å². The number of benzene rings is 1. The van der Waals surface area contributed by atoms with Gasteiger partial charge in [0.15, 0.2) is 12.9 Å². The van der Waals surface area contributed by atoms with Crippen molar-refractivity contribution in [3.05, 3.63) is 54.7 Å². The summed E-state index contributed by atoms with van der Waals surface area (Å²) in [7, 11) is 0. The van der Waals surface area contributed by atoms with Crippen LogP contribution in [0.15, 0.2) is 51.1 Å². The van der Waals surface area contributed by atoms with Crippen molar-refractivity contribution in [3.63, 3.8) is 0 Å². The van der Waals surface area contributed by atoms with Crippen LogP contribution in [0, 0.1) is 8.99 Å². The van der Waals surface area contributed by atoms with E-state index in [1.54, 1.807) is 0 Å². The van der Waals surface area contributed by atoms with Gasteiger partial charge in [-0.15, -0.1) is 0 Å². The zero-order valence-electron chi connectivity index (χ0n) is 12.7. The monoisotopic (exact) mass is 381 g/mol. The number of carbonyl (C=O) groups is 1. The highest BCUT2D eigenvalue weighted by atomic mass is 127. The van der Waals surface area contributed by atoms with E-state index in [4.69, 9.17) is 0 Å². The summed E-state index contributed by atoms with van der Waals surface area (Å²) in [4.78, 5) is 12.7. The molecule has 0 atom stereocenters. The van der Waals surface area contributed by atoms with Crippen LogP contribution in [0.5, 0.6) is 0 Å². The molecular formula is C18H22IO+. The molecule has 0 saturated heterocycles. The van der Waals surface area contributed by atoms with Gasteiger partial charge in [0.2, 0.25) is 0 Å². The molecule has 0 saturated carbocycles. The van der Waals surface area contributed by atoms with Crippen LogP contribution in [-0.2, 0) is 4.79 Å². The molecular weight excluding hydrogens is 359 g/mol. The summed E-state index contributed by atoms with van der Waals surface area (Å²) in [5.41, 5.74) is 2.21. The first-order valence-corrected chi connectivity index (χ1v) is 9.16. The summed E-state index contributed by atoms with van der Waals surface area (Å²) >= 11 is -0.226. The second-order valence-electron chi connectivity index (χ2n) is 6.28. The molecule has 0 aliphatic heterocycles. The molecule has 1 nitrogen and oxygen atoms in total. The average Bonchev–Trinajstić information content (AvgIpc) is 2.38. The van der Waals surface area contributed by atoms with E-state index in [2.05, 4.69) is 43.3 Å². The van der Waals surface area contributed by atoms with Gasteiger partial charge in [-0.05, 0) is 25.5 Å². The maximum Gasteiger partial charge on any atom is 0.353 e. The van der Waals surface area contributed by atoms with E-state index < -0.39 is 0 Å². The van der Waals surface area contributed by atoms with E-state index in [0.29, 0.717) is 5.78 Å². The van der Waals surface area contributed by atoms with Crippen molar-refractivity contribution in [2.45, 2.75) is 40.5 Å². The highest BCUT2D eigenvalue weighted by Gasteiger charge is 2.34. The molecule has 0 heterocycles. The molecule has 0 N–H and O–H groups in total. The molecule has 2 heteroatoms. The number of ketones is 1. The summed E-state index contributed by atoms with van der Waals surface area (Å²) in [6.07, 6.45) is 4.03. The van der Waals surface area contributed by atoms with Gasteiger partial charge in [-0.3, -0.25) is 4.79 Å². The minimum atomic E-state index is -0.278. The molecule has 0 unspecified atom stereocenters. The van der Waals surface area contributed by atoms with Crippen LogP contribution in [0.2, 0.25) is 0 Å². The molecule has 1 aliphatic rings. The standard InChI is InChI=1S/C18H22IO/c1-13-10-11-15(17(20)18(2,3)4)16(12-13)19-14-8-6-5-7-9-14/h5-10H,11-12H2,1-4H3/q+1. The lowest BCUT2D eigenvalue weighted by Crippen LogP contribution is -3.61. The van der Waals surface area contributed by atoms with Gasteiger partial charge in [0, 0.05) is 17.4 Å². The molecule has 0 fully saturated rings. The summed E-state index contributed by atoms with van der Waals surface area (Å²) in [6, 6.07) is 10.6. The van der Waals surface area contributed by atoms with E-state index in [1.165, 1.54) is 12.7 Å². The first-order valence-electron chi connectivity index (χ1n) is 7.00. The van der Waals surface area contributed by atoms with Gasteiger partial charge in [0.25, 0.3) is 0 Å². The predicted octanol–water partition coefficient (Wildman–Crippen LogP) is 1.55. The minimum absolute atomic E-state index is 0.226. The fourth-order valence-corrected chi connectivity index (χ4v) is 5.29. The Balaban J connectivity index is 2.32. The molecule has 1 aliphatic carbocycles. The van der Waals surface area contributed by atoms with Crippen molar-refractivity contribution >= 4 is 5.78 Å². The predicted molar refractivity (Wildman–Crippen MR) is 79.6 cm³/mol. The fourth-order valence-electron chi connectivity index (χ4n) is 2.18. The normalized spacial score (nSPS) is 16.1. The summed E-state index contributed by atoms with van der Waals surface area (Å²) in [5.74, 6) is 0.326. The lowest BCUT2D eigenvalue weighted by Gasteiger charge is -2.20. The van der Waals surface area contributed by atoms with Crippen molar-refractivity contribution in [3.8, 4) is 0 Å². The van der Waals surface area contributed by atoms with Crippen LogP contribution < -0.4 is 21.2 Å². The van der Waals surface area contributed by atoms with E-state index in [0.717, 1.165) is 18.4 Å². The first-order chi connectivity index (χ1) is 9.38. The van der Waals surface area contributed by atoms with Gasteiger partial charge in [0.05, 0.1) is 0 Å². The van der Waals surface area contributed by atoms with Gasteiger partial charge in [-0.25, -0.2) is 0 Å². The second-order valence-corrected chi connectivity index (χ2v) is 9.37. The number of hydrogen-bond acceptors (Lipinski definition) is 1. The lowest BCUT2D eigenvalue weighted by atomic mass is 9.83. The van der Waals surface area contributed by atoms with Gasteiger partial charge >= 0.3 is 21.2 Å². The van der Waals surface area contributed by atoms with Crippen LogP contribution >= 0.6 is 0 Å². The minimum Gasteiger partial charge on any atom is -0.294 e. The van der Waals surface area contributed by atoms with Crippen molar-refractivity contribution in [2.75, 3.05) is 0 Å². The number of allylic oxidation sites excluding steroid dienone is 4. The summed E-state index contributed by atoms with van der Waals surface area (Å²) in [6.45, 7) is 8.23. The lowest BCUT2D eigenvalue weighted by molar-refractivity contribution is -0.579. The fraction of sp³-hybridized carbons (Fsp3) is 0.389. The van der Waals surface area contributed by atoms with Gasteiger partial charge in [-0.1, -0.05) is 50.6 Å². The maximum absolute atomic E-state index is 12.7. The molecule has 20 heavy (non-hydrogen) atoms. The van der Waals surface area contributed by atoms with Crippen molar-refractivity contribution in [2.24, 2.45) is 5.41 Å². The van der Waals surface area contributed by atoms with Crippen LogP contribution in [0.1, 0.15) is 40.5 Å². The molecule has 2 rings (SSSR count). The zero-order chi connectivity index (χ0) is 14.8. The second kappa shape index (κ2) is 6.25. The molecule has 0 spiro atoms. The van der Waals surface area contributed by atoms with Gasteiger partial charge in [-0.2, -0.15) is 0 Å². The summed E-state index contributed by atoms with van der Waals surface area (Å²) < 4.78 is 2.81. The van der Waals surface area contributed by atoms with E-state index in [-0.39, 0.29) is 26.6 Å². The Labute approximate surface area is 132 Å².